The van der Waals surface area contributed by atoms with Crippen molar-refractivity contribution in [2.45, 2.75) is 0 Å². The molecule has 0 aliphatic heterocycles. The fourth-order valence-electron chi connectivity index (χ4n) is 3.54. The Morgan fingerprint density at radius 1 is 1.00 bits per heavy atom. The number of benzene rings is 2. The van der Waals surface area contributed by atoms with Gasteiger partial charge in [-0.05, 0) is 54.6 Å². The smallest absolute Gasteiger partial charge is 0.255 e. The third-order valence-corrected chi connectivity index (χ3v) is 5.06. The van der Waals surface area contributed by atoms with Crippen molar-refractivity contribution in [3.63, 3.8) is 0 Å². The summed E-state index contributed by atoms with van der Waals surface area (Å²) in [7, 11) is 1.78. The molecule has 0 unspecified atom stereocenters. The van der Waals surface area contributed by atoms with E-state index in [0.29, 0.717) is 17.0 Å². The number of aryl methyl sites for hydroxylation is 1. The molecule has 0 spiro atoms. The lowest BCUT2D eigenvalue weighted by atomic mass is 10.1. The summed E-state index contributed by atoms with van der Waals surface area (Å²) in [6.07, 6.45) is 3.34. The quantitative estimate of drug-likeness (QED) is 0.392. The molecule has 2 aromatic carbocycles. The lowest BCUT2D eigenvalue weighted by Gasteiger charge is -2.03. The van der Waals surface area contributed by atoms with E-state index in [1.807, 2.05) is 6.20 Å². The van der Waals surface area contributed by atoms with Crippen LogP contribution in [0.15, 0.2) is 67.0 Å². The molecule has 0 saturated carbocycles. The first kappa shape index (κ1) is 21.0. The Kier molecular flexibility index (Phi) is 5.07. The van der Waals surface area contributed by atoms with Gasteiger partial charge in [0.2, 0.25) is 0 Å². The lowest BCUT2D eigenvalue weighted by Crippen LogP contribution is -2.12. The van der Waals surface area contributed by atoms with Gasteiger partial charge < -0.3 is 5.32 Å². The molecule has 10 heteroatoms. The fourth-order valence-corrected chi connectivity index (χ4v) is 3.54. The zero-order chi connectivity index (χ0) is 23.8. The third-order valence-electron chi connectivity index (χ3n) is 5.06. The van der Waals surface area contributed by atoms with Crippen LogP contribution in [0, 0.1) is 18.2 Å². The second-order valence-electron chi connectivity index (χ2n) is 7.48. The Hall–Kier alpha value is -4.91. The highest BCUT2D eigenvalue weighted by molar-refractivity contribution is 6.04. The van der Waals surface area contributed by atoms with Crippen LogP contribution in [0.1, 0.15) is 10.4 Å². The fraction of sp³-hybridized carbons (Fsp3) is 0.0417. The molecule has 0 aliphatic carbocycles. The molecule has 8 nitrogen and oxygen atoms in total. The standard InChI is InChI=1S/C24H15F2N7O/c1-27-18-10-15(9-17(26)11-18)24(34)29-21-13-33-22(28-21)8-7-20(30-33)19-12-32(2)31-23(19)14-3-5-16(25)6-4-14/h3-13H,2H3,(H,29,34). The van der Waals surface area contributed by atoms with Gasteiger partial charge in [-0.15, -0.1) is 0 Å². The number of aromatic nitrogens is 5. The summed E-state index contributed by atoms with van der Waals surface area (Å²) in [5.41, 5.74) is 3.24. The number of hydrogen-bond donors (Lipinski definition) is 1. The summed E-state index contributed by atoms with van der Waals surface area (Å²) in [5.74, 6) is -1.39. The zero-order valence-corrected chi connectivity index (χ0v) is 17.7. The minimum absolute atomic E-state index is 0.0102. The largest absolute Gasteiger partial charge is 0.305 e. The molecule has 5 aromatic rings. The van der Waals surface area contributed by atoms with E-state index in [-0.39, 0.29) is 22.9 Å². The lowest BCUT2D eigenvalue weighted by molar-refractivity contribution is 0.102. The molecule has 0 radical (unpaired) electrons. The second kappa shape index (κ2) is 8.22. The number of halogens is 2. The van der Waals surface area contributed by atoms with Gasteiger partial charge >= 0.3 is 0 Å². The van der Waals surface area contributed by atoms with Gasteiger partial charge in [-0.25, -0.2) is 23.1 Å². The number of carbonyl (C=O) groups is 1. The topological polar surface area (TPSA) is 81.5 Å². The molecule has 0 aliphatic rings. The van der Waals surface area contributed by atoms with Crippen molar-refractivity contribution in [2.24, 2.45) is 7.05 Å². The highest BCUT2D eigenvalue weighted by Gasteiger charge is 2.16. The van der Waals surface area contributed by atoms with Gasteiger partial charge in [-0.3, -0.25) is 9.48 Å². The highest BCUT2D eigenvalue weighted by Crippen LogP contribution is 2.30. The number of rotatable bonds is 4. The number of fused-ring (bicyclic) bond motifs is 1. The number of nitrogens with zero attached hydrogens (tertiary/aromatic N) is 6. The molecule has 34 heavy (non-hydrogen) atoms. The van der Waals surface area contributed by atoms with Crippen molar-refractivity contribution < 1.29 is 13.6 Å². The van der Waals surface area contributed by atoms with Crippen LogP contribution in [-0.2, 0) is 7.05 Å². The van der Waals surface area contributed by atoms with Gasteiger partial charge in [0, 0.05) is 29.9 Å². The van der Waals surface area contributed by atoms with Gasteiger partial charge in [0.05, 0.1) is 18.5 Å². The van der Waals surface area contributed by atoms with Gasteiger partial charge in [0.15, 0.2) is 17.2 Å². The molecule has 0 saturated heterocycles. The van der Waals surface area contributed by atoms with E-state index in [1.165, 1.54) is 28.9 Å². The van der Waals surface area contributed by atoms with Crippen LogP contribution < -0.4 is 5.32 Å². The summed E-state index contributed by atoms with van der Waals surface area (Å²) in [6.45, 7) is 7.02. The van der Waals surface area contributed by atoms with Crippen LogP contribution in [0.5, 0.6) is 0 Å². The van der Waals surface area contributed by atoms with E-state index in [0.717, 1.165) is 23.3 Å². The van der Waals surface area contributed by atoms with Crippen molar-refractivity contribution in [1.29, 1.82) is 0 Å². The van der Waals surface area contributed by atoms with Crippen molar-refractivity contribution >= 4 is 23.1 Å². The molecule has 3 aromatic heterocycles. The van der Waals surface area contributed by atoms with E-state index in [1.54, 1.807) is 36.0 Å². The number of amides is 1. The van der Waals surface area contributed by atoms with Crippen molar-refractivity contribution in [3.05, 3.63) is 95.6 Å². The molecule has 166 valence electrons. The predicted molar refractivity (Wildman–Crippen MR) is 121 cm³/mol. The summed E-state index contributed by atoms with van der Waals surface area (Å²) in [4.78, 5) is 20.0. The van der Waals surface area contributed by atoms with Crippen LogP contribution in [0.2, 0.25) is 0 Å². The average Bonchev–Trinajstić information content (AvgIpc) is 3.41. The first-order valence-electron chi connectivity index (χ1n) is 10.1. The predicted octanol–water partition coefficient (Wildman–Crippen LogP) is 4.88. The summed E-state index contributed by atoms with van der Waals surface area (Å²) >= 11 is 0. The maximum atomic E-state index is 13.7. The van der Waals surface area contributed by atoms with E-state index in [2.05, 4.69) is 25.3 Å². The Labute approximate surface area is 191 Å². The van der Waals surface area contributed by atoms with Crippen LogP contribution in [-0.4, -0.2) is 30.3 Å². The zero-order valence-electron chi connectivity index (χ0n) is 17.7. The Balaban J connectivity index is 1.46. The Morgan fingerprint density at radius 3 is 2.56 bits per heavy atom. The van der Waals surface area contributed by atoms with Crippen LogP contribution >= 0.6 is 0 Å². The van der Waals surface area contributed by atoms with Gasteiger partial charge in [0.1, 0.15) is 17.3 Å². The average molecular weight is 455 g/mol. The molecule has 1 N–H and O–H groups in total. The first-order valence-corrected chi connectivity index (χ1v) is 10.1. The Bertz CT molecular complexity index is 1600. The van der Waals surface area contributed by atoms with Crippen LogP contribution in [0.4, 0.5) is 20.3 Å². The van der Waals surface area contributed by atoms with Gasteiger partial charge in [-0.1, -0.05) is 0 Å². The molecule has 5 rings (SSSR count). The second-order valence-corrected chi connectivity index (χ2v) is 7.48. The summed E-state index contributed by atoms with van der Waals surface area (Å²) in [6, 6.07) is 13.0. The molecule has 1 amide bonds. The molecule has 0 atom stereocenters. The number of nitrogens with one attached hydrogen (secondary N) is 1. The maximum absolute atomic E-state index is 13.7. The summed E-state index contributed by atoms with van der Waals surface area (Å²) in [5, 5.41) is 11.7. The minimum atomic E-state index is -0.673. The minimum Gasteiger partial charge on any atom is -0.305 e. The number of hydrogen-bond acceptors (Lipinski definition) is 4. The molecular weight excluding hydrogens is 440 g/mol. The summed E-state index contributed by atoms with van der Waals surface area (Å²) < 4.78 is 30.2. The van der Waals surface area contributed by atoms with Gasteiger partial charge in [-0.2, -0.15) is 10.2 Å². The van der Waals surface area contributed by atoms with E-state index in [9.17, 15) is 13.6 Å². The number of carbonyl (C=O) groups excluding carboxylic acids is 1. The third kappa shape index (κ3) is 3.98. The molecule has 3 heterocycles. The maximum Gasteiger partial charge on any atom is 0.255 e. The van der Waals surface area contributed by atoms with E-state index < -0.39 is 11.7 Å². The van der Waals surface area contributed by atoms with E-state index >= 15 is 0 Å². The molecule has 0 fully saturated rings. The highest BCUT2D eigenvalue weighted by atomic mass is 19.1. The SMILES string of the molecule is [C-]#[N+]c1cc(F)cc(C(=O)Nc2cn3nc(-c4cn(C)nc4-c4ccc(F)cc4)ccc3n2)c1. The molecular formula is C24H15F2N7O. The number of anilines is 1. The number of imidazole rings is 1. The first-order chi connectivity index (χ1) is 16.4. The van der Waals surface area contributed by atoms with Gasteiger partial charge in [0.25, 0.3) is 5.91 Å². The van der Waals surface area contributed by atoms with Crippen LogP contribution in [0.25, 0.3) is 33.0 Å². The molecule has 0 bridgehead atoms. The Morgan fingerprint density at radius 2 is 1.79 bits per heavy atom. The van der Waals surface area contributed by atoms with Crippen molar-refractivity contribution in [3.8, 4) is 22.5 Å². The normalized spacial score (nSPS) is 10.9. The monoisotopic (exact) mass is 455 g/mol. The van der Waals surface area contributed by atoms with Crippen molar-refractivity contribution in [2.75, 3.05) is 5.32 Å². The van der Waals surface area contributed by atoms with E-state index in [4.69, 9.17) is 6.57 Å². The van der Waals surface area contributed by atoms with Crippen LogP contribution in [0.3, 0.4) is 0 Å². The van der Waals surface area contributed by atoms with Crippen molar-refractivity contribution in [1.82, 2.24) is 24.4 Å².